The highest BCUT2D eigenvalue weighted by Gasteiger charge is 2.41. The monoisotopic (exact) mass is 430 g/mol. The fraction of sp³-hybridized carbons (Fsp3) is 0.417. The minimum atomic E-state index is -1.26. The lowest BCUT2D eigenvalue weighted by Crippen LogP contribution is -2.45. The molecular formula is C24H28F2N2O3. The summed E-state index contributed by atoms with van der Waals surface area (Å²) in [5, 5.41) is 0. The first kappa shape index (κ1) is 21.6. The summed E-state index contributed by atoms with van der Waals surface area (Å²) in [6, 6.07) is 11.4. The van der Waals surface area contributed by atoms with E-state index in [1.54, 1.807) is 6.92 Å². The molecule has 5 nitrogen and oxygen atoms in total. The quantitative estimate of drug-likeness (QED) is 0.683. The number of nitrogens with zero attached hydrogens (tertiary/aromatic N) is 2. The molecule has 2 aromatic rings. The molecule has 2 saturated heterocycles. The summed E-state index contributed by atoms with van der Waals surface area (Å²) in [7, 11) is 0. The van der Waals surface area contributed by atoms with Gasteiger partial charge >= 0.3 is 0 Å². The Kier molecular flexibility index (Phi) is 6.16. The van der Waals surface area contributed by atoms with E-state index < -0.39 is 17.4 Å². The number of hydrogen-bond acceptors (Lipinski definition) is 5. The molecule has 0 N–H and O–H groups in total. The van der Waals surface area contributed by atoms with Gasteiger partial charge in [-0.3, -0.25) is 0 Å². The van der Waals surface area contributed by atoms with E-state index in [0.29, 0.717) is 0 Å². The van der Waals surface area contributed by atoms with Gasteiger partial charge in [-0.2, -0.15) is 0 Å². The van der Waals surface area contributed by atoms with Gasteiger partial charge in [0.25, 0.3) is 0 Å². The number of allylic oxidation sites excluding steroid dienone is 1. The fourth-order valence-electron chi connectivity index (χ4n) is 4.01. The molecule has 0 aromatic heterocycles. The second-order valence-corrected chi connectivity index (χ2v) is 8.14. The van der Waals surface area contributed by atoms with Crippen LogP contribution in [0.15, 0.2) is 54.7 Å². The molecule has 2 aliphatic rings. The van der Waals surface area contributed by atoms with Gasteiger partial charge in [-0.25, -0.2) is 8.78 Å². The number of ether oxygens (including phenoxy) is 3. The van der Waals surface area contributed by atoms with Crippen molar-refractivity contribution in [1.29, 1.82) is 0 Å². The van der Waals surface area contributed by atoms with E-state index in [1.165, 1.54) is 12.1 Å². The van der Waals surface area contributed by atoms with Crippen molar-refractivity contribution in [3.63, 3.8) is 0 Å². The van der Waals surface area contributed by atoms with Crippen LogP contribution in [-0.4, -0.2) is 50.4 Å². The highest BCUT2D eigenvalue weighted by molar-refractivity contribution is 5.49. The Labute approximate surface area is 181 Å². The van der Waals surface area contributed by atoms with Gasteiger partial charge in [-0.1, -0.05) is 6.58 Å². The van der Waals surface area contributed by atoms with Gasteiger partial charge in [0.15, 0.2) is 5.79 Å². The number of benzene rings is 2. The van der Waals surface area contributed by atoms with Crippen molar-refractivity contribution in [2.75, 3.05) is 44.3 Å². The summed E-state index contributed by atoms with van der Waals surface area (Å²) in [6.07, 6.45) is -0.357. The summed E-state index contributed by atoms with van der Waals surface area (Å²) in [4.78, 5) is 4.64. The third-order valence-electron chi connectivity index (χ3n) is 5.81. The van der Waals surface area contributed by atoms with Crippen LogP contribution in [0.4, 0.5) is 14.5 Å². The summed E-state index contributed by atoms with van der Waals surface area (Å²) < 4.78 is 44.8. The van der Waals surface area contributed by atoms with Gasteiger partial charge in [0.1, 0.15) is 30.1 Å². The van der Waals surface area contributed by atoms with E-state index in [1.807, 2.05) is 19.1 Å². The molecule has 2 aromatic carbocycles. The summed E-state index contributed by atoms with van der Waals surface area (Å²) >= 11 is 0. The van der Waals surface area contributed by atoms with Gasteiger partial charge in [-0.15, -0.1) is 0 Å². The van der Waals surface area contributed by atoms with Crippen molar-refractivity contribution < 1.29 is 23.0 Å². The van der Waals surface area contributed by atoms with E-state index >= 15 is 0 Å². The second-order valence-electron chi connectivity index (χ2n) is 8.14. The Balaban J connectivity index is 1.30. The summed E-state index contributed by atoms with van der Waals surface area (Å²) in [5.41, 5.74) is 2.45. The molecule has 0 aliphatic carbocycles. The SMILES string of the molecule is C=C(C)N1CCN(c2ccc(OCC3COC(C)(c4ccc(F)cc4F)O3)cc2)CC1. The Bertz CT molecular complexity index is 929. The average molecular weight is 430 g/mol. The third-order valence-corrected chi connectivity index (χ3v) is 5.81. The molecule has 0 bridgehead atoms. The molecule has 2 atom stereocenters. The smallest absolute Gasteiger partial charge is 0.195 e. The van der Waals surface area contributed by atoms with Crippen molar-refractivity contribution in [3.05, 3.63) is 71.9 Å². The first-order valence-corrected chi connectivity index (χ1v) is 10.5. The van der Waals surface area contributed by atoms with E-state index in [0.717, 1.165) is 49.4 Å². The van der Waals surface area contributed by atoms with Crippen molar-refractivity contribution in [2.24, 2.45) is 0 Å². The van der Waals surface area contributed by atoms with Crippen molar-refractivity contribution >= 4 is 5.69 Å². The Hall–Kier alpha value is -2.64. The zero-order valence-corrected chi connectivity index (χ0v) is 17.9. The van der Waals surface area contributed by atoms with E-state index in [4.69, 9.17) is 14.2 Å². The van der Waals surface area contributed by atoms with Gasteiger partial charge in [0.05, 0.1) is 6.61 Å². The van der Waals surface area contributed by atoms with Gasteiger partial charge in [0, 0.05) is 49.2 Å². The lowest BCUT2D eigenvalue weighted by molar-refractivity contribution is -0.166. The predicted molar refractivity (Wildman–Crippen MR) is 115 cm³/mol. The second kappa shape index (κ2) is 8.85. The summed E-state index contributed by atoms with van der Waals surface area (Å²) in [5.74, 6) is -1.86. The van der Waals surface area contributed by atoms with E-state index in [-0.39, 0.29) is 24.9 Å². The van der Waals surface area contributed by atoms with Crippen LogP contribution in [0, 0.1) is 11.6 Å². The van der Waals surface area contributed by atoms with Crippen molar-refractivity contribution in [3.8, 4) is 5.75 Å². The highest BCUT2D eigenvalue weighted by atomic mass is 19.1. The maximum absolute atomic E-state index is 14.1. The normalized spacial score (nSPS) is 23.8. The molecule has 0 amide bonds. The molecule has 0 radical (unpaired) electrons. The van der Waals surface area contributed by atoms with Crippen LogP contribution in [0.3, 0.4) is 0 Å². The van der Waals surface area contributed by atoms with Crippen LogP contribution in [0.1, 0.15) is 19.4 Å². The maximum atomic E-state index is 14.1. The molecule has 0 saturated carbocycles. The topological polar surface area (TPSA) is 34.2 Å². The molecule has 2 heterocycles. The molecule has 166 valence electrons. The predicted octanol–water partition coefficient (Wildman–Crippen LogP) is 4.29. The molecule has 7 heteroatoms. The Morgan fingerprint density at radius 3 is 2.48 bits per heavy atom. The molecular weight excluding hydrogens is 402 g/mol. The maximum Gasteiger partial charge on any atom is 0.195 e. The zero-order chi connectivity index (χ0) is 22.0. The number of halogens is 2. The van der Waals surface area contributed by atoms with Gasteiger partial charge in [0.2, 0.25) is 0 Å². The minimum absolute atomic E-state index is 0.174. The Morgan fingerprint density at radius 2 is 1.84 bits per heavy atom. The van der Waals surface area contributed by atoms with Crippen molar-refractivity contribution in [1.82, 2.24) is 4.90 Å². The van der Waals surface area contributed by atoms with Gasteiger partial charge in [-0.05, 0) is 50.2 Å². The molecule has 0 spiro atoms. The largest absolute Gasteiger partial charge is 0.491 e. The molecule has 2 aliphatic heterocycles. The van der Waals surface area contributed by atoms with Gasteiger partial charge < -0.3 is 24.0 Å². The molecule has 4 rings (SSSR count). The number of rotatable bonds is 6. The van der Waals surface area contributed by atoms with E-state index in [9.17, 15) is 8.78 Å². The molecule has 2 fully saturated rings. The highest BCUT2D eigenvalue weighted by Crippen LogP contribution is 2.35. The standard InChI is InChI=1S/C24H28F2N2O3/c1-17(2)27-10-12-28(13-11-27)19-5-7-20(8-6-19)29-15-21-16-30-24(3,31-21)22-9-4-18(25)14-23(22)26/h4-9,14,21H,1,10-13,15-16H2,2-3H3. The lowest BCUT2D eigenvalue weighted by atomic mass is 10.1. The number of anilines is 1. The average Bonchev–Trinajstić information content (AvgIpc) is 3.14. The third kappa shape index (κ3) is 4.83. The summed E-state index contributed by atoms with van der Waals surface area (Å²) in [6.45, 7) is 12.1. The van der Waals surface area contributed by atoms with Crippen LogP contribution < -0.4 is 9.64 Å². The molecule has 31 heavy (non-hydrogen) atoms. The van der Waals surface area contributed by atoms with Crippen LogP contribution >= 0.6 is 0 Å². The molecule has 2 unspecified atom stereocenters. The van der Waals surface area contributed by atoms with Crippen LogP contribution in [0.25, 0.3) is 0 Å². The number of hydrogen-bond donors (Lipinski definition) is 0. The lowest BCUT2D eigenvalue weighted by Gasteiger charge is -2.37. The van der Waals surface area contributed by atoms with Crippen LogP contribution in [0.5, 0.6) is 5.75 Å². The fourth-order valence-corrected chi connectivity index (χ4v) is 4.01. The van der Waals surface area contributed by atoms with Crippen LogP contribution in [-0.2, 0) is 15.3 Å². The zero-order valence-electron chi connectivity index (χ0n) is 17.9. The number of piperazine rings is 1. The van der Waals surface area contributed by atoms with E-state index in [2.05, 4.69) is 28.5 Å². The Morgan fingerprint density at radius 1 is 1.13 bits per heavy atom. The minimum Gasteiger partial charge on any atom is -0.491 e. The van der Waals surface area contributed by atoms with Crippen LogP contribution in [0.2, 0.25) is 0 Å². The first-order chi connectivity index (χ1) is 14.8. The van der Waals surface area contributed by atoms with Crippen molar-refractivity contribution in [2.45, 2.75) is 25.7 Å². The first-order valence-electron chi connectivity index (χ1n) is 10.5.